The average molecular weight is 302 g/mol. The number of nitrogens with zero attached hydrogens (tertiary/aromatic N) is 1. The van der Waals surface area contributed by atoms with E-state index in [0.717, 1.165) is 34.1 Å². The lowest BCUT2D eigenvalue weighted by Gasteiger charge is -2.23. The summed E-state index contributed by atoms with van der Waals surface area (Å²) in [5.41, 5.74) is 4.40. The van der Waals surface area contributed by atoms with Crippen LogP contribution in [0.4, 0.5) is 0 Å². The molecule has 2 heterocycles. The third kappa shape index (κ3) is 2.77. The van der Waals surface area contributed by atoms with Crippen LogP contribution in [-0.4, -0.2) is 11.1 Å². The maximum absolute atomic E-state index is 5.99. The molecule has 0 spiro atoms. The minimum Gasteiger partial charge on any atom is -0.488 e. The second-order valence-electron chi connectivity index (χ2n) is 6.72. The number of rotatable bonds is 1. The molecule has 0 aliphatic carbocycles. The fourth-order valence-corrected chi connectivity index (χ4v) is 2.82. The monoisotopic (exact) mass is 301 g/mol. The molecular formula is C18H20ClNO. The molecule has 3 heteroatoms. The molecule has 0 bridgehead atoms. The maximum atomic E-state index is 5.99. The van der Waals surface area contributed by atoms with Gasteiger partial charge in [-0.15, -0.1) is 0 Å². The Hall–Kier alpha value is -1.54. The first kappa shape index (κ1) is 14.4. The zero-order valence-corrected chi connectivity index (χ0v) is 13.7. The van der Waals surface area contributed by atoms with Gasteiger partial charge in [-0.25, -0.2) is 4.98 Å². The van der Waals surface area contributed by atoms with Gasteiger partial charge in [-0.05, 0) is 30.5 Å². The van der Waals surface area contributed by atoms with E-state index in [1.165, 1.54) is 5.56 Å². The Morgan fingerprint density at radius 1 is 1.19 bits per heavy atom. The Labute approximate surface area is 131 Å². The van der Waals surface area contributed by atoms with Crippen molar-refractivity contribution in [2.75, 3.05) is 0 Å². The lowest BCUT2D eigenvalue weighted by molar-refractivity contribution is 0.249. The normalized spacial score (nSPS) is 17.5. The summed E-state index contributed by atoms with van der Waals surface area (Å²) < 4.78 is 5.99. The molecule has 0 fully saturated rings. The van der Waals surface area contributed by atoms with Gasteiger partial charge in [0.25, 0.3) is 0 Å². The quantitative estimate of drug-likeness (QED) is 0.737. The Kier molecular flexibility index (Phi) is 3.45. The van der Waals surface area contributed by atoms with Crippen molar-refractivity contribution in [3.8, 4) is 17.0 Å². The predicted octanol–water partition coefficient (Wildman–Crippen LogP) is 5.02. The van der Waals surface area contributed by atoms with Gasteiger partial charge in [-0.2, -0.15) is 0 Å². The maximum Gasteiger partial charge on any atom is 0.145 e. The zero-order valence-electron chi connectivity index (χ0n) is 12.9. The van der Waals surface area contributed by atoms with Crippen molar-refractivity contribution in [1.82, 2.24) is 4.98 Å². The van der Waals surface area contributed by atoms with Crippen molar-refractivity contribution in [2.24, 2.45) is 0 Å². The number of hydrogen-bond donors (Lipinski definition) is 0. The molecule has 0 amide bonds. The summed E-state index contributed by atoms with van der Waals surface area (Å²) in [6.45, 7) is 8.72. The summed E-state index contributed by atoms with van der Waals surface area (Å²) in [4.78, 5) is 4.81. The van der Waals surface area contributed by atoms with Crippen LogP contribution in [0.2, 0.25) is 5.02 Å². The van der Waals surface area contributed by atoms with Gasteiger partial charge < -0.3 is 4.74 Å². The molecule has 1 atom stereocenters. The highest BCUT2D eigenvalue weighted by atomic mass is 35.5. The zero-order chi connectivity index (χ0) is 15.2. The molecule has 1 unspecified atom stereocenters. The number of hydrogen-bond acceptors (Lipinski definition) is 2. The van der Waals surface area contributed by atoms with Crippen molar-refractivity contribution in [3.05, 3.63) is 46.6 Å². The van der Waals surface area contributed by atoms with Crippen molar-refractivity contribution in [2.45, 2.75) is 45.6 Å². The third-order valence-corrected chi connectivity index (χ3v) is 4.04. The van der Waals surface area contributed by atoms with Crippen molar-refractivity contribution < 1.29 is 4.74 Å². The first-order valence-corrected chi connectivity index (χ1v) is 7.69. The minimum absolute atomic E-state index is 0.0261. The number of aromatic nitrogens is 1. The number of halogens is 1. The van der Waals surface area contributed by atoms with Gasteiger partial charge >= 0.3 is 0 Å². The summed E-state index contributed by atoms with van der Waals surface area (Å²) in [5, 5.41) is 0.743. The van der Waals surface area contributed by atoms with Crippen molar-refractivity contribution in [3.63, 3.8) is 0 Å². The van der Waals surface area contributed by atoms with E-state index in [4.69, 9.17) is 21.3 Å². The standard InChI is InChI=1S/C18H20ClNO/c1-11-9-16-17(21-11)14(18(2,3)4)10-15(20-16)12-5-7-13(19)8-6-12/h5-8,10-11H,9H2,1-4H3. The summed E-state index contributed by atoms with van der Waals surface area (Å²) >= 11 is 5.98. The molecule has 1 aliphatic heterocycles. The van der Waals surface area contributed by atoms with Crippen LogP contribution < -0.4 is 4.74 Å². The van der Waals surface area contributed by atoms with Gasteiger partial charge in [0, 0.05) is 22.6 Å². The molecule has 0 N–H and O–H groups in total. The molecule has 0 radical (unpaired) electrons. The van der Waals surface area contributed by atoms with Crippen LogP contribution in [0.1, 0.15) is 39.0 Å². The van der Waals surface area contributed by atoms with Gasteiger partial charge in [-0.1, -0.05) is 44.5 Å². The molecule has 110 valence electrons. The molecule has 3 rings (SSSR count). The minimum atomic E-state index is 0.0261. The number of pyridine rings is 1. The van der Waals surface area contributed by atoms with E-state index in [1.807, 2.05) is 24.3 Å². The van der Waals surface area contributed by atoms with Crippen molar-refractivity contribution >= 4 is 11.6 Å². The molecule has 2 aromatic rings. The van der Waals surface area contributed by atoms with Gasteiger partial charge in [0.2, 0.25) is 0 Å². The van der Waals surface area contributed by atoms with E-state index in [-0.39, 0.29) is 11.5 Å². The molecule has 0 saturated heterocycles. The van der Waals surface area contributed by atoms with E-state index in [9.17, 15) is 0 Å². The predicted molar refractivity (Wildman–Crippen MR) is 87.2 cm³/mol. The van der Waals surface area contributed by atoms with E-state index in [1.54, 1.807) is 0 Å². The van der Waals surface area contributed by atoms with Gasteiger partial charge in [0.05, 0.1) is 11.4 Å². The molecule has 2 nitrogen and oxygen atoms in total. The third-order valence-electron chi connectivity index (χ3n) is 3.79. The molecule has 1 aromatic carbocycles. The van der Waals surface area contributed by atoms with Crippen LogP contribution in [0.5, 0.6) is 5.75 Å². The van der Waals surface area contributed by atoms with Crippen LogP contribution in [0.25, 0.3) is 11.3 Å². The topological polar surface area (TPSA) is 22.1 Å². The molecular weight excluding hydrogens is 282 g/mol. The van der Waals surface area contributed by atoms with Crippen LogP contribution in [0.3, 0.4) is 0 Å². The summed E-state index contributed by atoms with van der Waals surface area (Å²) in [6, 6.07) is 9.99. The van der Waals surface area contributed by atoms with Gasteiger partial charge in [-0.3, -0.25) is 0 Å². The summed E-state index contributed by atoms with van der Waals surface area (Å²) in [5.74, 6) is 0.979. The number of ether oxygens (including phenoxy) is 1. The van der Waals surface area contributed by atoms with E-state index >= 15 is 0 Å². The van der Waals surface area contributed by atoms with Crippen molar-refractivity contribution in [1.29, 1.82) is 0 Å². The van der Waals surface area contributed by atoms with Gasteiger partial charge in [0.1, 0.15) is 11.9 Å². The highest BCUT2D eigenvalue weighted by molar-refractivity contribution is 6.30. The van der Waals surface area contributed by atoms with E-state index < -0.39 is 0 Å². The Morgan fingerprint density at radius 3 is 2.48 bits per heavy atom. The first-order valence-electron chi connectivity index (χ1n) is 7.31. The lowest BCUT2D eigenvalue weighted by Crippen LogP contribution is -2.14. The number of benzene rings is 1. The molecule has 21 heavy (non-hydrogen) atoms. The molecule has 1 aliphatic rings. The highest BCUT2D eigenvalue weighted by Crippen LogP contribution is 2.40. The SMILES string of the molecule is CC1Cc2nc(-c3ccc(Cl)cc3)cc(C(C)(C)C)c2O1. The number of fused-ring (bicyclic) bond motifs is 1. The van der Waals surface area contributed by atoms with Crippen LogP contribution in [-0.2, 0) is 11.8 Å². The van der Waals surface area contributed by atoms with Gasteiger partial charge in [0.15, 0.2) is 0 Å². The van der Waals surface area contributed by atoms with E-state index in [0.29, 0.717) is 0 Å². The fourth-order valence-electron chi connectivity index (χ4n) is 2.70. The second kappa shape index (κ2) is 5.03. The fraction of sp³-hybridized carbons (Fsp3) is 0.389. The molecule has 0 saturated carbocycles. The summed E-state index contributed by atoms with van der Waals surface area (Å²) in [6.07, 6.45) is 1.08. The average Bonchev–Trinajstić information content (AvgIpc) is 2.77. The smallest absolute Gasteiger partial charge is 0.145 e. The second-order valence-corrected chi connectivity index (χ2v) is 7.16. The molecule has 1 aromatic heterocycles. The first-order chi connectivity index (χ1) is 9.84. The Bertz CT molecular complexity index is 671. The Morgan fingerprint density at radius 2 is 1.86 bits per heavy atom. The van der Waals surface area contributed by atoms with Crippen LogP contribution >= 0.6 is 11.6 Å². The van der Waals surface area contributed by atoms with Crippen LogP contribution in [0, 0.1) is 0 Å². The largest absolute Gasteiger partial charge is 0.488 e. The van der Waals surface area contributed by atoms with E-state index in [2.05, 4.69) is 33.8 Å². The lowest BCUT2D eigenvalue weighted by atomic mass is 9.85. The van der Waals surface area contributed by atoms with Crippen LogP contribution in [0.15, 0.2) is 30.3 Å². The highest BCUT2D eigenvalue weighted by Gasteiger charge is 2.29. The Balaban J connectivity index is 2.16. The summed E-state index contributed by atoms with van der Waals surface area (Å²) in [7, 11) is 0.